The van der Waals surface area contributed by atoms with Gasteiger partial charge in [0.05, 0.1) is 10.7 Å². The molecule has 1 unspecified atom stereocenters. The van der Waals surface area contributed by atoms with Crippen LogP contribution in [0.1, 0.15) is 24.9 Å². The quantitative estimate of drug-likeness (QED) is 0.681. The minimum Gasteiger partial charge on any atom is -0.324 e. The van der Waals surface area contributed by atoms with Gasteiger partial charge in [-0.1, -0.05) is 48.4 Å². The van der Waals surface area contributed by atoms with E-state index in [2.05, 4.69) is 10.4 Å². The van der Waals surface area contributed by atoms with E-state index in [9.17, 15) is 14.0 Å². The van der Waals surface area contributed by atoms with E-state index in [-0.39, 0.29) is 10.6 Å². The molecule has 1 amide bonds. The predicted octanol–water partition coefficient (Wildman–Crippen LogP) is 4.60. The number of hydrogen-bond acceptors (Lipinski definition) is 3. The van der Waals surface area contributed by atoms with Crippen molar-refractivity contribution in [2.24, 2.45) is 0 Å². The average Bonchev–Trinajstić information content (AvgIpc) is 2.67. The molecule has 0 fully saturated rings. The minimum absolute atomic E-state index is 0.0949. The fourth-order valence-corrected chi connectivity index (χ4v) is 2.98. The SMILES string of the molecule is CCC(C(=O)Nc1ccc(F)c(Cl)c1)n1nc(-c2ccc(C)cc2)ccc1=O. The van der Waals surface area contributed by atoms with Crippen molar-refractivity contribution >= 4 is 23.2 Å². The molecule has 0 saturated carbocycles. The highest BCUT2D eigenvalue weighted by atomic mass is 35.5. The van der Waals surface area contributed by atoms with Crippen molar-refractivity contribution < 1.29 is 9.18 Å². The third-order valence-corrected chi connectivity index (χ3v) is 4.63. The van der Waals surface area contributed by atoms with Crippen LogP contribution in [0, 0.1) is 12.7 Å². The van der Waals surface area contributed by atoms with Gasteiger partial charge in [0.25, 0.3) is 5.56 Å². The molecule has 0 aliphatic heterocycles. The van der Waals surface area contributed by atoms with E-state index >= 15 is 0 Å². The van der Waals surface area contributed by atoms with Gasteiger partial charge in [-0.25, -0.2) is 9.07 Å². The summed E-state index contributed by atoms with van der Waals surface area (Å²) in [4.78, 5) is 25.1. The molecule has 1 heterocycles. The van der Waals surface area contributed by atoms with Crippen molar-refractivity contribution in [2.75, 3.05) is 5.32 Å². The molecule has 1 N–H and O–H groups in total. The number of aromatic nitrogens is 2. The van der Waals surface area contributed by atoms with Crippen LogP contribution in [-0.2, 0) is 4.79 Å². The number of nitrogens with one attached hydrogen (secondary N) is 1. The van der Waals surface area contributed by atoms with Crippen molar-refractivity contribution in [3.05, 3.63) is 81.4 Å². The van der Waals surface area contributed by atoms with Gasteiger partial charge < -0.3 is 5.32 Å². The first-order valence-electron chi connectivity index (χ1n) is 8.82. The van der Waals surface area contributed by atoms with Crippen LogP contribution in [0.3, 0.4) is 0 Å². The van der Waals surface area contributed by atoms with Gasteiger partial charge >= 0.3 is 0 Å². The Kier molecular flexibility index (Phi) is 5.90. The van der Waals surface area contributed by atoms with Crippen LogP contribution >= 0.6 is 11.6 Å². The van der Waals surface area contributed by atoms with Crippen molar-refractivity contribution in [3.8, 4) is 11.3 Å². The zero-order valence-electron chi connectivity index (χ0n) is 15.4. The third-order valence-electron chi connectivity index (χ3n) is 4.34. The molecule has 5 nitrogen and oxygen atoms in total. The van der Waals surface area contributed by atoms with Gasteiger partial charge in [-0.2, -0.15) is 5.10 Å². The number of carbonyl (C=O) groups is 1. The molecule has 0 saturated heterocycles. The Morgan fingerprint density at radius 1 is 1.18 bits per heavy atom. The van der Waals surface area contributed by atoms with E-state index in [0.717, 1.165) is 11.1 Å². The molecular formula is C21H19ClFN3O2. The van der Waals surface area contributed by atoms with Crippen LogP contribution in [-0.4, -0.2) is 15.7 Å². The van der Waals surface area contributed by atoms with Gasteiger partial charge in [-0.05, 0) is 37.6 Å². The number of benzene rings is 2. The van der Waals surface area contributed by atoms with Gasteiger partial charge in [-0.15, -0.1) is 0 Å². The summed E-state index contributed by atoms with van der Waals surface area (Å²) in [5.41, 5.74) is 2.52. The van der Waals surface area contributed by atoms with Crippen LogP contribution in [0.15, 0.2) is 59.4 Å². The number of carbonyl (C=O) groups excluding carboxylic acids is 1. The zero-order valence-corrected chi connectivity index (χ0v) is 16.2. The number of halogens is 2. The average molecular weight is 400 g/mol. The molecule has 7 heteroatoms. The van der Waals surface area contributed by atoms with Crippen molar-refractivity contribution in [1.82, 2.24) is 9.78 Å². The second-order valence-corrected chi connectivity index (χ2v) is 6.82. The van der Waals surface area contributed by atoms with Crippen LogP contribution in [0.5, 0.6) is 0 Å². The maximum atomic E-state index is 13.3. The fraction of sp³-hybridized carbons (Fsp3) is 0.190. The largest absolute Gasteiger partial charge is 0.324 e. The topological polar surface area (TPSA) is 64.0 Å². The first-order chi connectivity index (χ1) is 13.4. The summed E-state index contributed by atoms with van der Waals surface area (Å²) < 4.78 is 14.5. The second kappa shape index (κ2) is 8.35. The van der Waals surface area contributed by atoms with E-state index in [0.29, 0.717) is 17.8 Å². The Bertz CT molecular complexity index is 1060. The van der Waals surface area contributed by atoms with Crippen molar-refractivity contribution in [2.45, 2.75) is 26.3 Å². The highest BCUT2D eigenvalue weighted by Gasteiger charge is 2.22. The standard InChI is InChI=1S/C21H19ClFN3O2/c1-3-19(21(28)24-15-8-9-17(23)16(22)12-15)26-20(27)11-10-18(25-26)14-6-4-13(2)5-7-14/h4-12,19H,3H2,1-2H3,(H,24,28). The highest BCUT2D eigenvalue weighted by Crippen LogP contribution is 2.21. The van der Waals surface area contributed by atoms with E-state index in [4.69, 9.17) is 11.6 Å². The van der Waals surface area contributed by atoms with Crippen molar-refractivity contribution in [1.29, 1.82) is 0 Å². The number of nitrogens with zero attached hydrogens (tertiary/aromatic N) is 2. The van der Waals surface area contributed by atoms with Gasteiger partial charge in [-0.3, -0.25) is 9.59 Å². The Labute approximate surface area is 166 Å². The maximum Gasteiger partial charge on any atom is 0.267 e. The lowest BCUT2D eigenvalue weighted by Crippen LogP contribution is -2.34. The van der Waals surface area contributed by atoms with Crippen LogP contribution in [0.25, 0.3) is 11.3 Å². The van der Waals surface area contributed by atoms with E-state index in [1.165, 1.54) is 28.9 Å². The Morgan fingerprint density at radius 3 is 2.54 bits per heavy atom. The molecule has 0 radical (unpaired) electrons. The van der Waals surface area contributed by atoms with Crippen LogP contribution in [0.2, 0.25) is 5.02 Å². The summed E-state index contributed by atoms with van der Waals surface area (Å²) in [5, 5.41) is 6.96. The third kappa shape index (κ3) is 4.28. The Hall–Kier alpha value is -2.99. The molecule has 0 aliphatic carbocycles. The summed E-state index contributed by atoms with van der Waals surface area (Å²) >= 11 is 5.76. The molecule has 3 aromatic rings. The van der Waals surface area contributed by atoms with Crippen LogP contribution < -0.4 is 10.9 Å². The summed E-state index contributed by atoms with van der Waals surface area (Å²) in [7, 11) is 0. The Balaban J connectivity index is 1.91. The predicted molar refractivity (Wildman–Crippen MR) is 108 cm³/mol. The summed E-state index contributed by atoms with van der Waals surface area (Å²) in [6.07, 6.45) is 0.352. The lowest BCUT2D eigenvalue weighted by molar-refractivity contribution is -0.119. The number of amides is 1. The first kappa shape index (κ1) is 19.8. The molecular weight excluding hydrogens is 381 g/mol. The molecule has 0 aliphatic rings. The second-order valence-electron chi connectivity index (χ2n) is 6.41. The van der Waals surface area contributed by atoms with E-state index in [1.54, 1.807) is 13.0 Å². The monoisotopic (exact) mass is 399 g/mol. The van der Waals surface area contributed by atoms with Gasteiger partial charge in [0.1, 0.15) is 11.9 Å². The smallest absolute Gasteiger partial charge is 0.267 e. The summed E-state index contributed by atoms with van der Waals surface area (Å²) in [6, 6.07) is 13.8. The highest BCUT2D eigenvalue weighted by molar-refractivity contribution is 6.31. The zero-order chi connectivity index (χ0) is 20.3. The number of anilines is 1. The molecule has 28 heavy (non-hydrogen) atoms. The minimum atomic E-state index is -0.818. The number of rotatable bonds is 5. The lowest BCUT2D eigenvalue weighted by atomic mass is 10.1. The number of aryl methyl sites for hydroxylation is 1. The van der Waals surface area contributed by atoms with Gasteiger partial charge in [0, 0.05) is 17.3 Å². The van der Waals surface area contributed by atoms with Crippen LogP contribution in [0.4, 0.5) is 10.1 Å². The first-order valence-corrected chi connectivity index (χ1v) is 9.19. The molecule has 0 spiro atoms. The van der Waals surface area contributed by atoms with E-state index < -0.39 is 17.8 Å². The molecule has 3 rings (SSSR count). The number of hydrogen-bond donors (Lipinski definition) is 1. The van der Waals surface area contributed by atoms with E-state index in [1.807, 2.05) is 31.2 Å². The normalized spacial score (nSPS) is 11.9. The molecule has 2 aromatic carbocycles. The summed E-state index contributed by atoms with van der Waals surface area (Å²) in [6.45, 7) is 3.77. The van der Waals surface area contributed by atoms with Gasteiger partial charge in [0.15, 0.2) is 0 Å². The summed E-state index contributed by atoms with van der Waals surface area (Å²) in [5.74, 6) is -1.00. The maximum absolute atomic E-state index is 13.3. The molecule has 1 atom stereocenters. The molecule has 144 valence electrons. The lowest BCUT2D eigenvalue weighted by Gasteiger charge is -2.17. The Morgan fingerprint density at radius 2 is 1.89 bits per heavy atom. The van der Waals surface area contributed by atoms with Gasteiger partial charge in [0.2, 0.25) is 5.91 Å². The molecule has 1 aromatic heterocycles. The van der Waals surface area contributed by atoms with Crippen molar-refractivity contribution in [3.63, 3.8) is 0 Å². The molecule has 0 bridgehead atoms. The fourth-order valence-electron chi connectivity index (χ4n) is 2.80.